The van der Waals surface area contributed by atoms with Gasteiger partial charge in [-0.1, -0.05) is 106 Å². The lowest BCUT2D eigenvalue weighted by molar-refractivity contribution is -0.142. The van der Waals surface area contributed by atoms with Crippen LogP contribution < -0.4 is 42.5 Å². The van der Waals surface area contributed by atoms with Gasteiger partial charge in [0.15, 0.2) is 5.78 Å². The van der Waals surface area contributed by atoms with Gasteiger partial charge < -0.3 is 57.4 Å². The molecule has 1 rings (SSSR count). The molecule has 0 aromatic rings. The number of hydrogen-bond donors (Lipinski definition) is 9. The highest BCUT2D eigenvalue weighted by Gasteiger charge is 2.43. The van der Waals surface area contributed by atoms with Crippen LogP contribution in [-0.2, 0) is 47.9 Å². The van der Waals surface area contributed by atoms with Crippen molar-refractivity contribution >= 4 is 58.9 Å². The molecule has 0 spiro atoms. The number of ketones is 1. The number of likely N-dealkylation sites (N-methyl/N-ethyl adjacent to an activating group) is 1. The summed E-state index contributed by atoms with van der Waals surface area (Å²) in [5.74, 6) is -6.74. The SMILES string of the molecule is CCCCCCCC[C@@H](C)C(=O)N1CCC[C@H]1C(=O)N[C@@H](C[C@H](C)C/C=C/C(=O)CC)C(=O)NC(C)(C)C(=O)NC(C)(C)C(=O)N[C@H](C(=O)N[C@H](C(=O)NC(C)(C)C(=O)NC(C)(C)C(=O)N[C@@H](C)CN(C)CCO)C(C)C)C(C)CC. The van der Waals surface area contributed by atoms with Crippen LogP contribution in [-0.4, -0.2) is 160 Å². The Labute approximate surface area is 485 Å². The highest BCUT2D eigenvalue weighted by molar-refractivity contribution is 6.01. The lowest BCUT2D eigenvalue weighted by atomic mass is 9.93. The van der Waals surface area contributed by atoms with Gasteiger partial charge in [0.1, 0.15) is 46.3 Å². The molecule has 9 amide bonds. The lowest BCUT2D eigenvalue weighted by Crippen LogP contribution is -2.67. The average Bonchev–Trinajstić information content (AvgIpc) is 3.87. The molecule has 1 aliphatic heterocycles. The van der Waals surface area contributed by atoms with Crippen LogP contribution in [0.5, 0.6) is 0 Å². The molecule has 0 bridgehead atoms. The standard InChI is InChI=1S/C60H108N10O11/c1-19-22-23-24-25-26-30-41(8)52(77)70-33-28-32-45(70)49(74)62-44(36-39(6)29-27-31-43(72)21-3)48(73)65-59(14,15)55(80)68-58(12,13)54(79)64-47(40(7)20-2)50(75)63-46(38(4)5)51(76)66-60(16,17)56(81)67-57(10,11)53(78)61-42(9)37-69(18)34-35-71/h27,31,38-42,44-47,71H,19-26,28-30,32-37H2,1-18H3,(H,61,78)(H,62,74)(H,63,75)(H,64,79)(H,65,73)(H,66,76)(H,67,81)(H,68,80)/b31-27+/t39-,40?,41-,42+,44+,45+,46+,47+/m1/s1. The molecule has 0 aromatic carbocycles. The topological polar surface area (TPSA) is 294 Å². The largest absolute Gasteiger partial charge is 0.395 e. The van der Waals surface area contributed by atoms with Gasteiger partial charge in [0.25, 0.3) is 0 Å². The van der Waals surface area contributed by atoms with Crippen LogP contribution in [0.15, 0.2) is 12.2 Å². The maximum atomic E-state index is 14.3. The zero-order chi connectivity index (χ0) is 62.2. The van der Waals surface area contributed by atoms with Gasteiger partial charge in [-0.3, -0.25) is 47.9 Å². The number of carbonyl (C=O) groups excluding carboxylic acids is 10. The van der Waals surface area contributed by atoms with E-state index in [4.69, 9.17) is 0 Å². The molecule has 464 valence electrons. The van der Waals surface area contributed by atoms with Gasteiger partial charge in [0, 0.05) is 38.0 Å². The Balaban J connectivity index is 3.27. The van der Waals surface area contributed by atoms with Crippen molar-refractivity contribution in [1.29, 1.82) is 0 Å². The Hall–Kier alpha value is -5.44. The van der Waals surface area contributed by atoms with Crippen molar-refractivity contribution in [2.75, 3.05) is 33.3 Å². The van der Waals surface area contributed by atoms with Gasteiger partial charge in [-0.2, -0.15) is 0 Å². The molecule has 1 fully saturated rings. The summed E-state index contributed by atoms with van der Waals surface area (Å²) in [5, 5.41) is 31.5. The zero-order valence-electron chi connectivity index (χ0n) is 52.8. The summed E-state index contributed by atoms with van der Waals surface area (Å²) in [6.07, 6.45) is 12.9. The maximum absolute atomic E-state index is 14.3. The minimum atomic E-state index is -1.68. The second-order valence-corrected chi connectivity index (χ2v) is 25.3. The molecule has 21 nitrogen and oxygen atoms in total. The molecule has 0 aliphatic carbocycles. The van der Waals surface area contributed by atoms with Crippen LogP contribution in [0.2, 0.25) is 0 Å². The second kappa shape index (κ2) is 34.2. The van der Waals surface area contributed by atoms with Crippen LogP contribution in [0.1, 0.15) is 201 Å². The maximum Gasteiger partial charge on any atom is 0.246 e. The van der Waals surface area contributed by atoms with Crippen molar-refractivity contribution in [3.05, 3.63) is 12.2 Å². The molecular formula is C60H108N10O11. The molecular weight excluding hydrogens is 1040 g/mol. The number of allylic oxidation sites excluding steroid dienone is 2. The molecule has 81 heavy (non-hydrogen) atoms. The van der Waals surface area contributed by atoms with E-state index in [1.165, 1.54) is 74.3 Å². The lowest BCUT2D eigenvalue weighted by Gasteiger charge is -2.35. The quantitative estimate of drug-likeness (QED) is 0.0308. The van der Waals surface area contributed by atoms with Gasteiger partial charge >= 0.3 is 0 Å². The van der Waals surface area contributed by atoms with E-state index in [1.807, 2.05) is 25.7 Å². The van der Waals surface area contributed by atoms with Crippen molar-refractivity contribution in [1.82, 2.24) is 52.3 Å². The normalized spacial score (nSPS) is 16.8. The van der Waals surface area contributed by atoms with E-state index >= 15 is 0 Å². The number of unbranched alkanes of at least 4 members (excludes halogenated alkanes) is 5. The predicted molar refractivity (Wildman–Crippen MR) is 316 cm³/mol. The third-order valence-electron chi connectivity index (χ3n) is 15.2. The summed E-state index contributed by atoms with van der Waals surface area (Å²) in [6.45, 7) is 29.5. The molecule has 21 heteroatoms. The molecule has 0 saturated carbocycles. The molecule has 1 unspecified atom stereocenters. The first-order valence-electron chi connectivity index (χ1n) is 29.8. The van der Waals surface area contributed by atoms with Crippen LogP contribution in [0.4, 0.5) is 0 Å². The van der Waals surface area contributed by atoms with E-state index in [0.29, 0.717) is 51.7 Å². The Kier molecular flexibility index (Phi) is 31.1. The first kappa shape index (κ1) is 73.6. The summed E-state index contributed by atoms with van der Waals surface area (Å²) in [4.78, 5) is 141. The van der Waals surface area contributed by atoms with Crippen molar-refractivity contribution in [2.24, 2.45) is 23.7 Å². The number of hydrogen-bond acceptors (Lipinski definition) is 12. The number of carbonyl (C=O) groups is 10. The molecule has 0 radical (unpaired) electrons. The van der Waals surface area contributed by atoms with Gasteiger partial charge in [-0.15, -0.1) is 0 Å². The number of aliphatic hydroxyl groups is 1. The van der Waals surface area contributed by atoms with E-state index in [2.05, 4.69) is 49.5 Å². The van der Waals surface area contributed by atoms with E-state index in [1.54, 1.807) is 52.6 Å². The second-order valence-electron chi connectivity index (χ2n) is 25.3. The number of nitrogens with one attached hydrogen (secondary N) is 8. The highest BCUT2D eigenvalue weighted by atomic mass is 16.3. The van der Waals surface area contributed by atoms with Gasteiger partial charge in [0.2, 0.25) is 53.2 Å². The number of likely N-dealkylation sites (tertiary alicyclic amines) is 1. The van der Waals surface area contributed by atoms with Crippen molar-refractivity contribution in [3.8, 4) is 0 Å². The minimum Gasteiger partial charge on any atom is -0.395 e. The smallest absolute Gasteiger partial charge is 0.246 e. The van der Waals surface area contributed by atoms with Crippen LogP contribution in [0, 0.1) is 23.7 Å². The molecule has 1 saturated heterocycles. The van der Waals surface area contributed by atoms with Gasteiger partial charge in [-0.05, 0) is 125 Å². The molecule has 8 atom stereocenters. The Morgan fingerprint density at radius 1 is 0.642 bits per heavy atom. The fourth-order valence-electron chi connectivity index (χ4n) is 9.36. The molecule has 1 aliphatic rings. The average molecular weight is 1150 g/mol. The van der Waals surface area contributed by atoms with Crippen molar-refractivity contribution in [2.45, 2.75) is 254 Å². The summed E-state index contributed by atoms with van der Waals surface area (Å²) in [6, 6.07) is -4.61. The third-order valence-corrected chi connectivity index (χ3v) is 15.2. The third kappa shape index (κ3) is 24.9. The predicted octanol–water partition coefficient (Wildman–Crippen LogP) is 4.48. The minimum absolute atomic E-state index is 0.0378. The first-order valence-corrected chi connectivity index (χ1v) is 29.8. The van der Waals surface area contributed by atoms with Gasteiger partial charge in [-0.25, -0.2) is 0 Å². The number of rotatable bonds is 37. The first-order chi connectivity index (χ1) is 37.5. The Morgan fingerprint density at radius 3 is 1.70 bits per heavy atom. The summed E-state index contributed by atoms with van der Waals surface area (Å²) < 4.78 is 0. The highest BCUT2D eigenvalue weighted by Crippen LogP contribution is 2.24. The van der Waals surface area contributed by atoms with E-state index in [0.717, 1.165) is 32.1 Å². The summed E-state index contributed by atoms with van der Waals surface area (Å²) >= 11 is 0. The van der Waals surface area contributed by atoms with Crippen molar-refractivity contribution < 1.29 is 53.1 Å². The number of amides is 9. The Morgan fingerprint density at radius 2 is 1.17 bits per heavy atom. The Bertz CT molecular complexity index is 2140. The van der Waals surface area contributed by atoms with Gasteiger partial charge in [0.05, 0.1) is 6.61 Å². The molecule has 0 aromatic heterocycles. The van der Waals surface area contributed by atoms with E-state index in [9.17, 15) is 53.1 Å². The monoisotopic (exact) mass is 1140 g/mol. The summed E-state index contributed by atoms with van der Waals surface area (Å²) in [7, 11) is 1.81. The number of nitrogens with zero attached hydrogens (tertiary/aromatic N) is 2. The van der Waals surface area contributed by atoms with E-state index < -0.39 is 105 Å². The van der Waals surface area contributed by atoms with Crippen molar-refractivity contribution in [3.63, 3.8) is 0 Å². The van der Waals surface area contributed by atoms with Crippen LogP contribution in [0.25, 0.3) is 0 Å². The van der Waals surface area contributed by atoms with E-state index in [-0.39, 0.29) is 42.6 Å². The van der Waals surface area contributed by atoms with Crippen LogP contribution in [0.3, 0.4) is 0 Å². The fourth-order valence-corrected chi connectivity index (χ4v) is 9.36. The fraction of sp³-hybridized carbons (Fsp3) is 0.800. The summed E-state index contributed by atoms with van der Waals surface area (Å²) in [5.41, 5.74) is -6.29. The zero-order valence-corrected chi connectivity index (χ0v) is 52.8. The number of aliphatic hydroxyl groups excluding tert-OH is 1. The molecule has 1 heterocycles. The van der Waals surface area contributed by atoms with Crippen LogP contribution >= 0.6 is 0 Å². The molecule has 9 N–H and O–H groups in total.